The number of piperidine rings is 1. The number of carboxylic acids is 1. The minimum atomic E-state index is -0.746. The van der Waals surface area contributed by atoms with Crippen molar-refractivity contribution >= 4 is 12.0 Å². The molecule has 1 fully saturated rings. The smallest absolute Gasteiger partial charge is 0.317 e. The van der Waals surface area contributed by atoms with E-state index in [0.29, 0.717) is 32.5 Å². The van der Waals surface area contributed by atoms with Gasteiger partial charge in [-0.1, -0.05) is 13.8 Å². The average molecular weight is 285 g/mol. The Bertz CT molecular complexity index is 311. The van der Waals surface area contributed by atoms with Crippen LogP contribution in [0.3, 0.4) is 0 Å². The van der Waals surface area contributed by atoms with Crippen LogP contribution in [-0.2, 0) is 4.79 Å². The summed E-state index contributed by atoms with van der Waals surface area (Å²) in [6.07, 6.45) is 2.06. The number of carboxylic acid groups (broad SMARTS) is 1. The lowest BCUT2D eigenvalue weighted by atomic mass is 9.97. The third kappa shape index (κ3) is 5.36. The van der Waals surface area contributed by atoms with Gasteiger partial charge in [0.25, 0.3) is 0 Å². The maximum absolute atomic E-state index is 11.9. The second-order valence-corrected chi connectivity index (χ2v) is 5.21. The molecule has 0 atom stereocenters. The highest BCUT2D eigenvalue weighted by Crippen LogP contribution is 2.17. The lowest BCUT2D eigenvalue weighted by molar-refractivity contribution is -0.143. The molecule has 2 N–H and O–H groups in total. The number of amides is 2. The third-order valence-corrected chi connectivity index (χ3v) is 3.95. The van der Waals surface area contributed by atoms with Crippen LogP contribution < -0.4 is 5.32 Å². The van der Waals surface area contributed by atoms with Gasteiger partial charge in [-0.2, -0.15) is 0 Å². The zero-order valence-electron chi connectivity index (χ0n) is 12.6. The monoisotopic (exact) mass is 285 g/mol. The van der Waals surface area contributed by atoms with Crippen LogP contribution in [0, 0.1) is 5.92 Å². The first-order chi connectivity index (χ1) is 9.58. The first-order valence-corrected chi connectivity index (χ1v) is 7.56. The summed E-state index contributed by atoms with van der Waals surface area (Å²) in [4.78, 5) is 26.8. The van der Waals surface area contributed by atoms with Crippen molar-refractivity contribution in [2.45, 2.75) is 33.1 Å². The van der Waals surface area contributed by atoms with E-state index in [-0.39, 0.29) is 11.9 Å². The van der Waals surface area contributed by atoms with Gasteiger partial charge < -0.3 is 20.2 Å². The van der Waals surface area contributed by atoms with Crippen LogP contribution in [0.15, 0.2) is 0 Å². The molecular formula is C14H27N3O3. The molecule has 20 heavy (non-hydrogen) atoms. The van der Waals surface area contributed by atoms with Crippen LogP contribution in [-0.4, -0.2) is 66.2 Å². The Labute approximate surface area is 121 Å². The molecule has 0 aromatic heterocycles. The number of carbonyl (C=O) groups excluding carboxylic acids is 1. The van der Waals surface area contributed by atoms with Crippen LogP contribution in [0.2, 0.25) is 0 Å². The molecular weight excluding hydrogens is 258 g/mol. The number of aliphatic carboxylic acids is 1. The molecule has 116 valence electrons. The predicted molar refractivity (Wildman–Crippen MR) is 77.7 cm³/mol. The van der Waals surface area contributed by atoms with Crippen LogP contribution in [0.5, 0.6) is 0 Å². The Morgan fingerprint density at radius 3 is 2.35 bits per heavy atom. The third-order valence-electron chi connectivity index (χ3n) is 3.95. The molecule has 0 saturated carbocycles. The number of urea groups is 1. The SMILES string of the molecule is CCN(CC)CCCNC(=O)N1CCC(C(=O)O)CC1. The number of hydrogen-bond acceptors (Lipinski definition) is 3. The summed E-state index contributed by atoms with van der Waals surface area (Å²) in [5.74, 6) is -1.04. The molecule has 0 aliphatic carbocycles. The lowest BCUT2D eigenvalue weighted by Gasteiger charge is -2.30. The molecule has 1 saturated heterocycles. The molecule has 1 aliphatic rings. The lowest BCUT2D eigenvalue weighted by Crippen LogP contribution is -2.46. The standard InChI is InChI=1S/C14H27N3O3/c1-3-16(4-2)9-5-8-15-14(20)17-10-6-12(7-11-17)13(18)19/h12H,3-11H2,1-2H3,(H,15,20)(H,18,19). The first kappa shape index (κ1) is 16.8. The topological polar surface area (TPSA) is 72.9 Å². The second-order valence-electron chi connectivity index (χ2n) is 5.21. The molecule has 0 bridgehead atoms. The number of nitrogens with one attached hydrogen (secondary N) is 1. The van der Waals surface area contributed by atoms with Crippen LogP contribution in [0.4, 0.5) is 4.79 Å². The number of carbonyl (C=O) groups is 2. The van der Waals surface area contributed by atoms with Gasteiger partial charge in [-0.25, -0.2) is 4.79 Å². The van der Waals surface area contributed by atoms with E-state index in [1.807, 2.05) is 0 Å². The molecule has 0 aromatic rings. The number of rotatable bonds is 7. The fraction of sp³-hybridized carbons (Fsp3) is 0.857. The average Bonchev–Trinajstić information content (AvgIpc) is 2.47. The second kappa shape index (κ2) is 8.79. The molecule has 6 heteroatoms. The molecule has 6 nitrogen and oxygen atoms in total. The number of hydrogen-bond donors (Lipinski definition) is 2. The normalized spacial score (nSPS) is 16.4. The summed E-state index contributed by atoms with van der Waals surface area (Å²) in [6.45, 7) is 9.09. The molecule has 0 unspecified atom stereocenters. The zero-order chi connectivity index (χ0) is 15.0. The van der Waals surface area contributed by atoms with Gasteiger partial charge in [-0.3, -0.25) is 4.79 Å². The van der Waals surface area contributed by atoms with E-state index in [1.165, 1.54) is 0 Å². The van der Waals surface area contributed by atoms with E-state index in [0.717, 1.165) is 26.1 Å². The molecule has 0 spiro atoms. The maximum atomic E-state index is 11.9. The zero-order valence-corrected chi connectivity index (χ0v) is 12.6. The largest absolute Gasteiger partial charge is 0.481 e. The van der Waals surface area contributed by atoms with Gasteiger partial charge in [-0.15, -0.1) is 0 Å². The van der Waals surface area contributed by atoms with Gasteiger partial charge in [0.1, 0.15) is 0 Å². The van der Waals surface area contributed by atoms with Gasteiger partial charge in [0, 0.05) is 19.6 Å². The predicted octanol–water partition coefficient (Wildman–Crippen LogP) is 1.22. The van der Waals surface area contributed by atoms with Crippen molar-refractivity contribution in [2.24, 2.45) is 5.92 Å². The van der Waals surface area contributed by atoms with E-state index in [9.17, 15) is 9.59 Å². The minimum absolute atomic E-state index is 0.0617. The van der Waals surface area contributed by atoms with Gasteiger partial charge in [0.2, 0.25) is 0 Å². The van der Waals surface area contributed by atoms with E-state index < -0.39 is 5.97 Å². The molecule has 1 aliphatic heterocycles. The van der Waals surface area contributed by atoms with Crippen molar-refractivity contribution in [1.82, 2.24) is 15.1 Å². The van der Waals surface area contributed by atoms with E-state index in [4.69, 9.17) is 5.11 Å². The van der Waals surface area contributed by atoms with E-state index in [2.05, 4.69) is 24.1 Å². The quantitative estimate of drug-likeness (QED) is 0.690. The highest BCUT2D eigenvalue weighted by molar-refractivity contribution is 5.75. The Morgan fingerprint density at radius 1 is 1.25 bits per heavy atom. The van der Waals surface area contributed by atoms with Gasteiger partial charge >= 0.3 is 12.0 Å². The Kier molecular flexibility index (Phi) is 7.36. The molecule has 0 aromatic carbocycles. The van der Waals surface area contributed by atoms with Crippen molar-refractivity contribution in [2.75, 3.05) is 39.3 Å². The summed E-state index contributed by atoms with van der Waals surface area (Å²) >= 11 is 0. The van der Waals surface area contributed by atoms with Crippen LogP contribution in [0.25, 0.3) is 0 Å². The summed E-state index contributed by atoms with van der Waals surface area (Å²) in [6, 6.07) is -0.0617. The molecule has 0 radical (unpaired) electrons. The Balaban J connectivity index is 2.16. The number of nitrogens with zero attached hydrogens (tertiary/aromatic N) is 2. The highest BCUT2D eigenvalue weighted by atomic mass is 16.4. The van der Waals surface area contributed by atoms with Gasteiger partial charge in [0.05, 0.1) is 5.92 Å². The molecule has 2 amide bonds. The fourth-order valence-corrected chi connectivity index (χ4v) is 2.48. The van der Waals surface area contributed by atoms with Gasteiger partial charge in [-0.05, 0) is 38.9 Å². The van der Waals surface area contributed by atoms with Gasteiger partial charge in [0.15, 0.2) is 0 Å². The fourth-order valence-electron chi connectivity index (χ4n) is 2.48. The minimum Gasteiger partial charge on any atom is -0.481 e. The summed E-state index contributed by atoms with van der Waals surface area (Å²) in [5, 5.41) is 11.8. The van der Waals surface area contributed by atoms with E-state index >= 15 is 0 Å². The number of likely N-dealkylation sites (tertiary alicyclic amines) is 1. The molecule has 1 rings (SSSR count). The Morgan fingerprint density at radius 2 is 1.85 bits per heavy atom. The molecule has 1 heterocycles. The van der Waals surface area contributed by atoms with Crippen molar-refractivity contribution in [3.63, 3.8) is 0 Å². The highest BCUT2D eigenvalue weighted by Gasteiger charge is 2.26. The summed E-state index contributed by atoms with van der Waals surface area (Å²) < 4.78 is 0. The van der Waals surface area contributed by atoms with Crippen molar-refractivity contribution in [3.8, 4) is 0 Å². The summed E-state index contributed by atoms with van der Waals surface area (Å²) in [5.41, 5.74) is 0. The maximum Gasteiger partial charge on any atom is 0.317 e. The first-order valence-electron chi connectivity index (χ1n) is 7.56. The van der Waals surface area contributed by atoms with Crippen molar-refractivity contribution in [1.29, 1.82) is 0 Å². The summed E-state index contributed by atoms with van der Waals surface area (Å²) in [7, 11) is 0. The van der Waals surface area contributed by atoms with Crippen molar-refractivity contribution in [3.05, 3.63) is 0 Å². The van der Waals surface area contributed by atoms with E-state index in [1.54, 1.807) is 4.90 Å². The van der Waals surface area contributed by atoms with Crippen LogP contribution >= 0.6 is 0 Å². The van der Waals surface area contributed by atoms with Crippen LogP contribution in [0.1, 0.15) is 33.1 Å². The Hall–Kier alpha value is -1.30. The van der Waals surface area contributed by atoms with Crippen molar-refractivity contribution < 1.29 is 14.7 Å².